The Morgan fingerprint density at radius 3 is 1.87 bits per heavy atom. The fourth-order valence-corrected chi connectivity index (χ4v) is 1.84. The molecule has 0 aliphatic carbocycles. The van der Waals surface area contributed by atoms with Crippen molar-refractivity contribution >= 4 is 5.97 Å². The Balaban J connectivity index is 2.51. The minimum atomic E-state index is -5.00. The molecule has 0 atom stereocenters. The third-order valence-electron chi connectivity index (χ3n) is 2.90. The first-order chi connectivity index (χ1) is 10.5. The molecule has 23 heavy (non-hydrogen) atoms. The van der Waals surface area contributed by atoms with Crippen molar-refractivity contribution < 1.29 is 36.2 Å². The molecule has 2 rings (SSSR count). The average Bonchev–Trinajstić information content (AvgIpc) is 2.45. The van der Waals surface area contributed by atoms with Crippen LogP contribution in [0.15, 0.2) is 36.4 Å². The molecule has 1 aromatic carbocycles. The van der Waals surface area contributed by atoms with E-state index in [1.807, 2.05) is 0 Å². The van der Waals surface area contributed by atoms with E-state index in [1.54, 1.807) is 0 Å². The Morgan fingerprint density at radius 1 is 0.870 bits per heavy atom. The second-order valence-electron chi connectivity index (χ2n) is 4.47. The molecule has 0 aliphatic rings. The van der Waals surface area contributed by atoms with Gasteiger partial charge in [0.2, 0.25) is 0 Å². The van der Waals surface area contributed by atoms with Gasteiger partial charge in [0.15, 0.2) is 5.69 Å². The number of aromatic carboxylic acids is 1. The molecule has 0 saturated heterocycles. The van der Waals surface area contributed by atoms with Gasteiger partial charge in [0.1, 0.15) is 0 Å². The predicted molar refractivity (Wildman–Crippen MR) is 66.6 cm³/mol. The van der Waals surface area contributed by atoms with E-state index >= 15 is 0 Å². The third kappa shape index (κ3) is 3.61. The lowest BCUT2D eigenvalue weighted by Gasteiger charge is -2.12. The quantitative estimate of drug-likeness (QED) is 0.823. The van der Waals surface area contributed by atoms with E-state index in [0.29, 0.717) is 18.2 Å². The lowest BCUT2D eigenvalue weighted by molar-refractivity contribution is -0.141. The number of carbonyl (C=O) groups is 1. The molecule has 0 spiro atoms. The van der Waals surface area contributed by atoms with Crippen LogP contribution >= 0.6 is 0 Å². The summed E-state index contributed by atoms with van der Waals surface area (Å²) < 4.78 is 75.9. The van der Waals surface area contributed by atoms with E-state index < -0.39 is 35.1 Å². The van der Waals surface area contributed by atoms with Crippen LogP contribution in [0.3, 0.4) is 0 Å². The van der Waals surface area contributed by atoms with Crippen LogP contribution in [0, 0.1) is 0 Å². The van der Waals surface area contributed by atoms with E-state index in [0.717, 1.165) is 18.2 Å². The summed E-state index contributed by atoms with van der Waals surface area (Å²) in [6.45, 7) is 0. The highest BCUT2D eigenvalue weighted by atomic mass is 19.4. The Morgan fingerprint density at radius 2 is 1.43 bits per heavy atom. The highest BCUT2D eigenvalue weighted by Gasteiger charge is 2.37. The zero-order valence-electron chi connectivity index (χ0n) is 11.0. The summed E-state index contributed by atoms with van der Waals surface area (Å²) in [6.07, 6.45) is -9.58. The molecule has 0 bridgehead atoms. The van der Waals surface area contributed by atoms with Crippen LogP contribution in [0.1, 0.15) is 21.6 Å². The van der Waals surface area contributed by atoms with Gasteiger partial charge in [-0.05, 0) is 24.3 Å². The van der Waals surface area contributed by atoms with Gasteiger partial charge in [-0.1, -0.05) is 12.1 Å². The van der Waals surface area contributed by atoms with Crippen LogP contribution in [-0.4, -0.2) is 16.1 Å². The maximum atomic E-state index is 12.9. The van der Waals surface area contributed by atoms with Gasteiger partial charge in [0.05, 0.1) is 16.8 Å². The van der Waals surface area contributed by atoms with Crippen molar-refractivity contribution in [1.82, 2.24) is 4.98 Å². The van der Waals surface area contributed by atoms with Gasteiger partial charge in [0, 0.05) is 5.56 Å². The van der Waals surface area contributed by atoms with Crippen LogP contribution in [0.4, 0.5) is 26.3 Å². The Hall–Kier alpha value is -2.58. The third-order valence-corrected chi connectivity index (χ3v) is 2.90. The second-order valence-corrected chi connectivity index (χ2v) is 4.47. The van der Waals surface area contributed by atoms with E-state index in [-0.39, 0.29) is 11.3 Å². The Bertz CT molecular complexity index is 734. The fourth-order valence-electron chi connectivity index (χ4n) is 1.84. The molecule has 2 aromatic rings. The summed E-state index contributed by atoms with van der Waals surface area (Å²) >= 11 is 0. The largest absolute Gasteiger partial charge is 0.478 e. The number of halogens is 6. The first-order valence-electron chi connectivity index (χ1n) is 5.99. The van der Waals surface area contributed by atoms with Gasteiger partial charge in [-0.25, -0.2) is 9.78 Å². The highest BCUT2D eigenvalue weighted by molar-refractivity contribution is 5.89. The standard InChI is InChI=1S/C14H7F6NO2/c15-13(16,17)8-3-1-7(2-4-8)10-6-5-9(12(22)23)11(21-10)14(18,19)20/h1-6H,(H,22,23). The van der Waals surface area contributed by atoms with Crippen molar-refractivity contribution in [3.63, 3.8) is 0 Å². The topological polar surface area (TPSA) is 50.2 Å². The molecule has 0 saturated carbocycles. The van der Waals surface area contributed by atoms with E-state index in [2.05, 4.69) is 4.98 Å². The molecule has 0 fully saturated rings. The summed E-state index contributed by atoms with van der Waals surface area (Å²) in [5.74, 6) is -1.80. The summed E-state index contributed by atoms with van der Waals surface area (Å²) in [5.41, 5.74) is -3.88. The number of benzene rings is 1. The maximum absolute atomic E-state index is 12.9. The zero-order chi connectivity index (χ0) is 17.4. The number of hydrogen-bond donors (Lipinski definition) is 1. The van der Waals surface area contributed by atoms with Crippen LogP contribution in [0.2, 0.25) is 0 Å². The normalized spacial score (nSPS) is 12.3. The van der Waals surface area contributed by atoms with Gasteiger partial charge < -0.3 is 5.11 Å². The molecule has 122 valence electrons. The molecular weight excluding hydrogens is 328 g/mol. The molecule has 0 amide bonds. The van der Waals surface area contributed by atoms with Crippen LogP contribution in [0.5, 0.6) is 0 Å². The number of carboxylic acid groups (broad SMARTS) is 1. The summed E-state index contributed by atoms with van der Waals surface area (Å²) in [7, 11) is 0. The first kappa shape index (κ1) is 16.8. The lowest BCUT2D eigenvalue weighted by atomic mass is 10.1. The molecule has 0 aliphatic heterocycles. The molecule has 3 nitrogen and oxygen atoms in total. The molecular formula is C14H7F6NO2. The van der Waals surface area contributed by atoms with E-state index in [1.165, 1.54) is 0 Å². The monoisotopic (exact) mass is 335 g/mol. The highest BCUT2D eigenvalue weighted by Crippen LogP contribution is 2.34. The van der Waals surface area contributed by atoms with Gasteiger partial charge in [-0.15, -0.1) is 0 Å². The van der Waals surface area contributed by atoms with Crippen molar-refractivity contribution in [1.29, 1.82) is 0 Å². The van der Waals surface area contributed by atoms with Gasteiger partial charge in [-0.2, -0.15) is 26.3 Å². The number of aromatic nitrogens is 1. The molecule has 0 radical (unpaired) electrons. The molecule has 1 aromatic heterocycles. The van der Waals surface area contributed by atoms with E-state index in [4.69, 9.17) is 5.11 Å². The maximum Gasteiger partial charge on any atom is 0.434 e. The molecule has 1 heterocycles. The van der Waals surface area contributed by atoms with E-state index in [9.17, 15) is 31.1 Å². The van der Waals surface area contributed by atoms with Crippen LogP contribution < -0.4 is 0 Å². The zero-order valence-corrected chi connectivity index (χ0v) is 11.0. The van der Waals surface area contributed by atoms with Gasteiger partial charge in [-0.3, -0.25) is 0 Å². The number of nitrogens with zero attached hydrogens (tertiary/aromatic N) is 1. The second kappa shape index (κ2) is 5.56. The summed E-state index contributed by atoms with van der Waals surface area (Å²) in [4.78, 5) is 14.0. The van der Waals surface area contributed by atoms with Gasteiger partial charge >= 0.3 is 18.3 Å². The van der Waals surface area contributed by atoms with Crippen molar-refractivity contribution in [2.45, 2.75) is 12.4 Å². The molecule has 0 unspecified atom stereocenters. The Kier molecular flexibility index (Phi) is 4.06. The minimum Gasteiger partial charge on any atom is -0.478 e. The first-order valence-corrected chi connectivity index (χ1v) is 5.99. The van der Waals surface area contributed by atoms with Crippen LogP contribution in [0.25, 0.3) is 11.3 Å². The molecule has 1 N–H and O–H groups in total. The van der Waals surface area contributed by atoms with Crippen molar-refractivity contribution in [2.75, 3.05) is 0 Å². The summed E-state index contributed by atoms with van der Waals surface area (Å²) in [5, 5.41) is 8.75. The SMILES string of the molecule is O=C(O)c1ccc(-c2ccc(C(F)(F)F)cc2)nc1C(F)(F)F. The fraction of sp³-hybridized carbons (Fsp3) is 0.143. The predicted octanol–water partition coefficient (Wildman–Crippen LogP) is 4.48. The van der Waals surface area contributed by atoms with Crippen molar-refractivity contribution in [2.24, 2.45) is 0 Å². The number of carboxylic acids is 1. The minimum absolute atomic E-state index is 0.000406. The lowest BCUT2D eigenvalue weighted by Crippen LogP contribution is -2.15. The molecule has 9 heteroatoms. The van der Waals surface area contributed by atoms with Crippen LogP contribution in [-0.2, 0) is 12.4 Å². The smallest absolute Gasteiger partial charge is 0.434 e. The number of alkyl halides is 6. The van der Waals surface area contributed by atoms with Crippen molar-refractivity contribution in [3.8, 4) is 11.3 Å². The van der Waals surface area contributed by atoms with Crippen molar-refractivity contribution in [3.05, 3.63) is 53.2 Å². The Labute approximate surface area is 125 Å². The summed E-state index contributed by atoms with van der Waals surface area (Å²) in [6, 6.07) is 5.05. The van der Waals surface area contributed by atoms with Gasteiger partial charge in [0.25, 0.3) is 0 Å². The number of pyridine rings is 1. The average molecular weight is 335 g/mol. The number of hydrogen-bond acceptors (Lipinski definition) is 2. The number of rotatable bonds is 2.